The maximum atomic E-state index is 12.5. The van der Waals surface area contributed by atoms with Crippen LogP contribution < -0.4 is 5.73 Å². The van der Waals surface area contributed by atoms with Crippen LogP contribution in [0.5, 0.6) is 0 Å². The van der Waals surface area contributed by atoms with Gasteiger partial charge in [-0.1, -0.05) is 25.9 Å². The van der Waals surface area contributed by atoms with E-state index in [2.05, 4.69) is 5.16 Å². The van der Waals surface area contributed by atoms with Gasteiger partial charge < -0.3 is 19.9 Å². The molecular formula is C14H25N3O3. The SMILES string of the molecule is CCCN(CC(C)(C)CN)C(=O)c1cc(COC)on1. The quantitative estimate of drug-likeness (QED) is 0.784. The van der Waals surface area contributed by atoms with Crippen LogP contribution in [-0.2, 0) is 11.3 Å². The average molecular weight is 283 g/mol. The number of aromatic nitrogens is 1. The normalized spacial score (nSPS) is 11.7. The Balaban J connectivity index is 2.81. The summed E-state index contributed by atoms with van der Waals surface area (Å²) in [4.78, 5) is 14.2. The molecule has 0 spiro atoms. The predicted molar refractivity (Wildman–Crippen MR) is 76.2 cm³/mol. The number of nitrogens with zero attached hydrogens (tertiary/aromatic N) is 2. The molecule has 0 saturated carbocycles. The Bertz CT molecular complexity index is 429. The molecule has 0 radical (unpaired) electrons. The van der Waals surface area contributed by atoms with Gasteiger partial charge in [-0.25, -0.2) is 0 Å². The van der Waals surface area contributed by atoms with E-state index in [1.165, 1.54) is 0 Å². The van der Waals surface area contributed by atoms with Gasteiger partial charge in [0.1, 0.15) is 6.61 Å². The van der Waals surface area contributed by atoms with Crippen molar-refractivity contribution in [3.63, 3.8) is 0 Å². The predicted octanol–water partition coefficient (Wildman–Crippen LogP) is 1.66. The van der Waals surface area contributed by atoms with Gasteiger partial charge in [0.05, 0.1) is 0 Å². The second-order valence-corrected chi connectivity index (χ2v) is 5.71. The van der Waals surface area contributed by atoms with Crippen LogP contribution >= 0.6 is 0 Å². The van der Waals surface area contributed by atoms with Gasteiger partial charge in [-0.15, -0.1) is 0 Å². The Kier molecular flexibility index (Phi) is 6.16. The van der Waals surface area contributed by atoms with Crippen molar-refractivity contribution in [2.45, 2.75) is 33.8 Å². The van der Waals surface area contributed by atoms with Crippen molar-refractivity contribution in [1.82, 2.24) is 10.1 Å². The summed E-state index contributed by atoms with van der Waals surface area (Å²) in [6.07, 6.45) is 0.884. The number of nitrogens with two attached hydrogens (primary N) is 1. The van der Waals surface area contributed by atoms with Crippen LogP contribution in [0.15, 0.2) is 10.6 Å². The summed E-state index contributed by atoms with van der Waals surface area (Å²) in [5, 5.41) is 3.82. The van der Waals surface area contributed by atoms with E-state index in [1.54, 1.807) is 18.1 Å². The second kappa shape index (κ2) is 7.40. The minimum atomic E-state index is -0.125. The van der Waals surface area contributed by atoms with E-state index in [4.69, 9.17) is 15.0 Å². The Morgan fingerprint density at radius 3 is 2.80 bits per heavy atom. The summed E-state index contributed by atoms with van der Waals surface area (Å²) < 4.78 is 10.0. The number of carbonyl (C=O) groups excluding carboxylic acids is 1. The minimum absolute atomic E-state index is 0.121. The summed E-state index contributed by atoms with van der Waals surface area (Å²) in [6.45, 7) is 8.23. The summed E-state index contributed by atoms with van der Waals surface area (Å²) >= 11 is 0. The van der Waals surface area contributed by atoms with Crippen LogP contribution in [0.1, 0.15) is 43.4 Å². The fourth-order valence-corrected chi connectivity index (χ4v) is 1.89. The van der Waals surface area contributed by atoms with Gasteiger partial charge >= 0.3 is 0 Å². The van der Waals surface area contributed by atoms with Crippen molar-refractivity contribution in [3.05, 3.63) is 17.5 Å². The van der Waals surface area contributed by atoms with Gasteiger partial charge in [0.2, 0.25) is 0 Å². The van der Waals surface area contributed by atoms with Crippen molar-refractivity contribution in [3.8, 4) is 0 Å². The molecule has 20 heavy (non-hydrogen) atoms. The van der Waals surface area contributed by atoms with Crippen LogP contribution in [0.3, 0.4) is 0 Å². The molecule has 1 amide bonds. The monoisotopic (exact) mass is 283 g/mol. The molecule has 0 aliphatic rings. The lowest BCUT2D eigenvalue weighted by Crippen LogP contribution is -2.42. The Morgan fingerprint density at radius 1 is 1.55 bits per heavy atom. The molecule has 0 aromatic carbocycles. The fourth-order valence-electron chi connectivity index (χ4n) is 1.89. The molecule has 6 nitrogen and oxygen atoms in total. The van der Waals surface area contributed by atoms with Gasteiger partial charge in [-0.05, 0) is 18.4 Å². The molecule has 114 valence electrons. The smallest absolute Gasteiger partial charge is 0.276 e. The fraction of sp³-hybridized carbons (Fsp3) is 0.714. The zero-order valence-corrected chi connectivity index (χ0v) is 12.8. The lowest BCUT2D eigenvalue weighted by molar-refractivity contribution is 0.0678. The van der Waals surface area contributed by atoms with Crippen molar-refractivity contribution >= 4 is 5.91 Å². The number of amides is 1. The maximum Gasteiger partial charge on any atom is 0.276 e. The van der Waals surface area contributed by atoms with E-state index in [9.17, 15) is 4.79 Å². The van der Waals surface area contributed by atoms with Crippen LogP contribution in [-0.4, -0.2) is 42.7 Å². The molecular weight excluding hydrogens is 258 g/mol. The number of ether oxygens (including phenoxy) is 1. The van der Waals surface area contributed by atoms with Crippen molar-refractivity contribution in [2.75, 3.05) is 26.7 Å². The van der Waals surface area contributed by atoms with E-state index in [1.807, 2.05) is 20.8 Å². The number of methoxy groups -OCH3 is 1. The summed E-state index contributed by atoms with van der Waals surface area (Å²) in [7, 11) is 1.57. The summed E-state index contributed by atoms with van der Waals surface area (Å²) in [5.74, 6) is 0.421. The van der Waals surface area contributed by atoms with Crippen molar-refractivity contribution in [2.24, 2.45) is 11.1 Å². The highest BCUT2D eigenvalue weighted by atomic mass is 16.5. The highest BCUT2D eigenvalue weighted by Crippen LogP contribution is 2.17. The van der Waals surface area contributed by atoms with Gasteiger partial charge in [0.15, 0.2) is 11.5 Å². The summed E-state index contributed by atoms with van der Waals surface area (Å²) in [6, 6.07) is 1.63. The van der Waals surface area contributed by atoms with Crippen LogP contribution in [0.2, 0.25) is 0 Å². The van der Waals surface area contributed by atoms with Crippen LogP contribution in [0.4, 0.5) is 0 Å². The maximum absolute atomic E-state index is 12.5. The van der Waals surface area contributed by atoms with E-state index in [-0.39, 0.29) is 11.3 Å². The number of carbonyl (C=O) groups is 1. The number of rotatable bonds is 8. The van der Waals surface area contributed by atoms with E-state index in [0.717, 1.165) is 6.42 Å². The first-order chi connectivity index (χ1) is 9.43. The Hall–Kier alpha value is -1.40. The molecule has 1 aromatic heterocycles. The molecule has 1 aromatic rings. The molecule has 1 heterocycles. The topological polar surface area (TPSA) is 81.6 Å². The molecule has 0 saturated heterocycles. The Labute approximate surface area is 120 Å². The first-order valence-corrected chi connectivity index (χ1v) is 6.87. The molecule has 0 aliphatic heterocycles. The van der Waals surface area contributed by atoms with Crippen molar-refractivity contribution in [1.29, 1.82) is 0 Å². The third-order valence-corrected chi connectivity index (χ3v) is 3.02. The molecule has 1 rings (SSSR count). The van der Waals surface area contributed by atoms with E-state index in [0.29, 0.717) is 37.7 Å². The Morgan fingerprint density at radius 2 is 2.25 bits per heavy atom. The lowest BCUT2D eigenvalue weighted by atomic mass is 9.93. The zero-order valence-electron chi connectivity index (χ0n) is 12.8. The van der Waals surface area contributed by atoms with E-state index >= 15 is 0 Å². The van der Waals surface area contributed by atoms with Crippen LogP contribution in [0.25, 0.3) is 0 Å². The zero-order chi connectivity index (χ0) is 15.2. The van der Waals surface area contributed by atoms with Crippen molar-refractivity contribution < 1.29 is 14.1 Å². The third-order valence-electron chi connectivity index (χ3n) is 3.02. The lowest BCUT2D eigenvalue weighted by Gasteiger charge is -2.31. The second-order valence-electron chi connectivity index (χ2n) is 5.71. The van der Waals surface area contributed by atoms with Gasteiger partial charge in [-0.3, -0.25) is 4.79 Å². The molecule has 0 atom stereocenters. The molecule has 0 bridgehead atoms. The van der Waals surface area contributed by atoms with Gasteiger partial charge in [0, 0.05) is 26.3 Å². The third kappa shape index (κ3) is 4.61. The molecule has 0 aliphatic carbocycles. The first-order valence-electron chi connectivity index (χ1n) is 6.87. The number of hydrogen-bond donors (Lipinski definition) is 1. The first kappa shape index (κ1) is 16.7. The summed E-state index contributed by atoms with van der Waals surface area (Å²) in [5.41, 5.74) is 5.94. The van der Waals surface area contributed by atoms with Gasteiger partial charge in [-0.2, -0.15) is 0 Å². The molecule has 0 unspecified atom stereocenters. The van der Waals surface area contributed by atoms with E-state index < -0.39 is 0 Å². The number of hydrogen-bond acceptors (Lipinski definition) is 5. The standard InChI is InChI=1S/C14H25N3O3/c1-5-6-17(10-14(2,3)9-15)13(18)12-7-11(8-19-4)20-16-12/h7H,5-6,8-10,15H2,1-4H3. The average Bonchev–Trinajstić information content (AvgIpc) is 2.86. The van der Waals surface area contributed by atoms with Gasteiger partial charge in [0.25, 0.3) is 5.91 Å². The largest absolute Gasteiger partial charge is 0.377 e. The molecule has 0 fully saturated rings. The minimum Gasteiger partial charge on any atom is -0.377 e. The highest BCUT2D eigenvalue weighted by molar-refractivity contribution is 5.92. The molecule has 2 N–H and O–H groups in total. The molecule has 6 heteroatoms. The highest BCUT2D eigenvalue weighted by Gasteiger charge is 2.26. The van der Waals surface area contributed by atoms with Crippen LogP contribution in [0, 0.1) is 5.41 Å².